The number of nitrogens with zero attached hydrogens (tertiary/aromatic N) is 2. The first-order valence-electron chi connectivity index (χ1n) is 7.80. The van der Waals surface area contributed by atoms with Gasteiger partial charge in [0.2, 0.25) is 0 Å². The number of rotatable bonds is 4. The van der Waals surface area contributed by atoms with Gasteiger partial charge in [-0.15, -0.1) is 0 Å². The maximum Gasteiger partial charge on any atom is 0.139 e. The Morgan fingerprint density at radius 3 is 2.82 bits per heavy atom. The zero-order valence-electron chi connectivity index (χ0n) is 12.4. The van der Waals surface area contributed by atoms with Crippen LogP contribution < -0.4 is 5.32 Å². The maximum atomic E-state index is 5.72. The molecule has 0 bridgehead atoms. The van der Waals surface area contributed by atoms with Crippen molar-refractivity contribution in [3.8, 4) is 11.3 Å². The summed E-state index contributed by atoms with van der Waals surface area (Å²) < 4.78 is 7.83. The van der Waals surface area contributed by atoms with Crippen molar-refractivity contribution in [1.29, 1.82) is 0 Å². The fraction of sp³-hybridized carbons (Fsp3) is 0.278. The molecule has 3 heterocycles. The van der Waals surface area contributed by atoms with E-state index < -0.39 is 0 Å². The smallest absolute Gasteiger partial charge is 0.139 e. The van der Waals surface area contributed by atoms with Gasteiger partial charge in [0, 0.05) is 24.9 Å². The van der Waals surface area contributed by atoms with E-state index in [0.717, 1.165) is 48.7 Å². The number of imidazole rings is 1. The molecule has 0 saturated carbocycles. The SMILES string of the molecule is c1ccc(-c2nc3ccccn3c2NC[C@H]2CCCO2)cc1. The van der Waals surface area contributed by atoms with E-state index in [1.165, 1.54) is 0 Å². The Hall–Kier alpha value is -2.33. The Morgan fingerprint density at radius 2 is 2.00 bits per heavy atom. The molecule has 1 saturated heterocycles. The number of aromatic nitrogens is 2. The summed E-state index contributed by atoms with van der Waals surface area (Å²) in [6.07, 6.45) is 4.64. The van der Waals surface area contributed by atoms with Crippen molar-refractivity contribution in [1.82, 2.24) is 9.38 Å². The average Bonchev–Trinajstić information content (AvgIpc) is 3.21. The van der Waals surface area contributed by atoms with Gasteiger partial charge in [0.15, 0.2) is 0 Å². The van der Waals surface area contributed by atoms with Crippen LogP contribution in [0.25, 0.3) is 16.9 Å². The summed E-state index contributed by atoms with van der Waals surface area (Å²) in [5.41, 5.74) is 3.07. The van der Waals surface area contributed by atoms with E-state index in [0.29, 0.717) is 6.10 Å². The van der Waals surface area contributed by atoms with E-state index in [-0.39, 0.29) is 0 Å². The summed E-state index contributed by atoms with van der Waals surface area (Å²) in [5.74, 6) is 1.04. The van der Waals surface area contributed by atoms with Gasteiger partial charge in [-0.2, -0.15) is 0 Å². The first kappa shape index (κ1) is 13.3. The van der Waals surface area contributed by atoms with Crippen LogP contribution in [0.1, 0.15) is 12.8 Å². The van der Waals surface area contributed by atoms with E-state index in [1.807, 2.05) is 42.6 Å². The molecule has 0 aliphatic carbocycles. The minimum absolute atomic E-state index is 0.304. The molecule has 0 unspecified atom stereocenters. The van der Waals surface area contributed by atoms with Crippen LogP contribution in [0.15, 0.2) is 54.7 Å². The first-order chi connectivity index (χ1) is 10.9. The van der Waals surface area contributed by atoms with Gasteiger partial charge in [0.1, 0.15) is 17.2 Å². The summed E-state index contributed by atoms with van der Waals surface area (Å²) in [4.78, 5) is 4.79. The monoisotopic (exact) mass is 293 g/mol. The molecule has 0 amide bonds. The van der Waals surface area contributed by atoms with Gasteiger partial charge < -0.3 is 10.1 Å². The van der Waals surface area contributed by atoms with Crippen LogP contribution in [0.3, 0.4) is 0 Å². The molecule has 1 aliphatic rings. The number of hydrogen-bond donors (Lipinski definition) is 1. The van der Waals surface area contributed by atoms with Crippen molar-refractivity contribution >= 4 is 11.5 Å². The second kappa shape index (κ2) is 5.81. The molecule has 2 aromatic heterocycles. The Bertz CT molecular complexity index is 760. The van der Waals surface area contributed by atoms with Gasteiger partial charge in [-0.1, -0.05) is 36.4 Å². The lowest BCUT2D eigenvalue weighted by Crippen LogP contribution is -2.19. The molecule has 0 spiro atoms. The third kappa shape index (κ3) is 2.46. The Labute approximate surface area is 129 Å². The van der Waals surface area contributed by atoms with Crippen LogP contribution in [-0.2, 0) is 4.74 Å². The second-order valence-electron chi connectivity index (χ2n) is 5.62. The van der Waals surface area contributed by atoms with Crippen molar-refractivity contribution in [2.45, 2.75) is 18.9 Å². The van der Waals surface area contributed by atoms with E-state index >= 15 is 0 Å². The third-order valence-corrected chi connectivity index (χ3v) is 4.10. The summed E-state index contributed by atoms with van der Waals surface area (Å²) >= 11 is 0. The lowest BCUT2D eigenvalue weighted by Gasteiger charge is -2.13. The topological polar surface area (TPSA) is 38.6 Å². The highest BCUT2D eigenvalue weighted by Crippen LogP contribution is 2.28. The van der Waals surface area contributed by atoms with Crippen LogP contribution in [0.4, 0.5) is 5.82 Å². The Balaban J connectivity index is 1.73. The number of fused-ring (bicyclic) bond motifs is 1. The summed E-state index contributed by atoms with van der Waals surface area (Å²) in [5, 5.41) is 3.55. The fourth-order valence-electron chi connectivity index (χ4n) is 2.98. The lowest BCUT2D eigenvalue weighted by molar-refractivity contribution is 0.120. The fourth-order valence-corrected chi connectivity index (χ4v) is 2.98. The second-order valence-corrected chi connectivity index (χ2v) is 5.62. The van der Waals surface area contributed by atoms with Gasteiger partial charge in [0.25, 0.3) is 0 Å². The van der Waals surface area contributed by atoms with Crippen LogP contribution >= 0.6 is 0 Å². The molecule has 1 aliphatic heterocycles. The van der Waals surface area contributed by atoms with E-state index in [4.69, 9.17) is 9.72 Å². The number of benzene rings is 1. The molecule has 0 radical (unpaired) electrons. The van der Waals surface area contributed by atoms with Crippen LogP contribution in [0.2, 0.25) is 0 Å². The predicted molar refractivity (Wildman–Crippen MR) is 88.1 cm³/mol. The lowest BCUT2D eigenvalue weighted by atomic mass is 10.1. The normalized spacial score (nSPS) is 17.9. The standard InChI is InChI=1S/C18H19N3O/c1-2-7-14(8-3-1)17-18(19-13-15-9-6-12-22-15)21-11-5-4-10-16(21)20-17/h1-5,7-8,10-11,15,19H,6,9,12-13H2/t15-/m1/s1. The average molecular weight is 293 g/mol. The Morgan fingerprint density at radius 1 is 1.14 bits per heavy atom. The molecular formula is C18H19N3O. The van der Waals surface area contributed by atoms with Gasteiger partial charge >= 0.3 is 0 Å². The summed E-state index contributed by atoms with van der Waals surface area (Å²) in [6.45, 7) is 1.70. The molecule has 112 valence electrons. The van der Waals surface area contributed by atoms with Crippen molar-refractivity contribution in [2.24, 2.45) is 0 Å². The number of pyridine rings is 1. The number of ether oxygens (including phenoxy) is 1. The van der Waals surface area contributed by atoms with Crippen molar-refractivity contribution < 1.29 is 4.74 Å². The van der Waals surface area contributed by atoms with E-state index in [2.05, 4.69) is 21.9 Å². The minimum atomic E-state index is 0.304. The quantitative estimate of drug-likeness (QED) is 0.799. The minimum Gasteiger partial charge on any atom is -0.376 e. The molecular weight excluding hydrogens is 274 g/mol. The molecule has 1 atom stereocenters. The highest BCUT2D eigenvalue weighted by molar-refractivity contribution is 5.76. The first-order valence-corrected chi connectivity index (χ1v) is 7.80. The zero-order chi connectivity index (χ0) is 14.8. The molecule has 4 heteroatoms. The van der Waals surface area contributed by atoms with Crippen molar-refractivity contribution in [3.05, 3.63) is 54.7 Å². The summed E-state index contributed by atoms with van der Waals surface area (Å²) in [6, 6.07) is 16.4. The molecule has 1 aromatic carbocycles. The zero-order valence-corrected chi connectivity index (χ0v) is 12.4. The summed E-state index contributed by atoms with van der Waals surface area (Å²) in [7, 11) is 0. The van der Waals surface area contributed by atoms with Gasteiger partial charge in [-0.05, 0) is 25.0 Å². The predicted octanol–water partition coefficient (Wildman–Crippen LogP) is 3.59. The largest absolute Gasteiger partial charge is 0.376 e. The van der Waals surface area contributed by atoms with Gasteiger partial charge in [-0.3, -0.25) is 4.40 Å². The molecule has 3 aromatic rings. The molecule has 1 N–H and O–H groups in total. The van der Waals surface area contributed by atoms with Crippen LogP contribution in [0.5, 0.6) is 0 Å². The Kier molecular flexibility index (Phi) is 3.52. The van der Waals surface area contributed by atoms with Crippen molar-refractivity contribution in [2.75, 3.05) is 18.5 Å². The van der Waals surface area contributed by atoms with Crippen LogP contribution in [-0.4, -0.2) is 28.6 Å². The molecule has 4 nitrogen and oxygen atoms in total. The third-order valence-electron chi connectivity index (χ3n) is 4.10. The van der Waals surface area contributed by atoms with Gasteiger partial charge in [0.05, 0.1) is 6.10 Å². The van der Waals surface area contributed by atoms with E-state index in [9.17, 15) is 0 Å². The molecule has 22 heavy (non-hydrogen) atoms. The number of hydrogen-bond acceptors (Lipinski definition) is 3. The van der Waals surface area contributed by atoms with Crippen molar-refractivity contribution in [3.63, 3.8) is 0 Å². The van der Waals surface area contributed by atoms with Crippen LogP contribution in [0, 0.1) is 0 Å². The maximum absolute atomic E-state index is 5.72. The molecule has 1 fully saturated rings. The highest BCUT2D eigenvalue weighted by Gasteiger charge is 2.18. The number of anilines is 1. The highest BCUT2D eigenvalue weighted by atomic mass is 16.5. The number of nitrogens with one attached hydrogen (secondary N) is 1. The van der Waals surface area contributed by atoms with E-state index in [1.54, 1.807) is 0 Å². The van der Waals surface area contributed by atoms with Gasteiger partial charge in [-0.25, -0.2) is 4.98 Å². The molecule has 4 rings (SSSR count).